The van der Waals surface area contributed by atoms with Crippen molar-refractivity contribution in [1.29, 1.82) is 0 Å². The lowest BCUT2D eigenvalue weighted by atomic mass is 10.1. The van der Waals surface area contributed by atoms with Gasteiger partial charge >= 0.3 is 0 Å². The van der Waals surface area contributed by atoms with Crippen molar-refractivity contribution in [2.45, 2.75) is 25.7 Å². The van der Waals surface area contributed by atoms with Gasteiger partial charge in [0.2, 0.25) is 15.9 Å². The molecule has 0 spiro atoms. The van der Waals surface area contributed by atoms with Gasteiger partial charge in [-0.1, -0.05) is 17.7 Å². The molecule has 0 aromatic heterocycles. The first kappa shape index (κ1) is 24.9. The average Bonchev–Trinajstić information content (AvgIpc) is 2.82. The molecule has 8 nitrogen and oxygen atoms in total. The molecule has 0 radical (unpaired) electrons. The van der Waals surface area contributed by atoms with Gasteiger partial charge in [-0.2, -0.15) is 4.31 Å². The maximum atomic E-state index is 13.1. The van der Waals surface area contributed by atoms with Crippen molar-refractivity contribution in [2.75, 3.05) is 58.4 Å². The fraction of sp³-hybridized carbons (Fsp3) is 0.458. The molecule has 0 atom stereocenters. The Morgan fingerprint density at radius 1 is 0.970 bits per heavy atom. The molecule has 0 unspecified atom stereocenters. The van der Waals surface area contributed by atoms with E-state index in [1.165, 1.54) is 36.2 Å². The lowest BCUT2D eigenvalue weighted by molar-refractivity contribution is -0.130. The first-order valence-electron chi connectivity index (χ1n) is 11.0. The zero-order valence-electron chi connectivity index (χ0n) is 20.0. The van der Waals surface area contributed by atoms with E-state index in [-0.39, 0.29) is 30.4 Å². The lowest BCUT2D eigenvalue weighted by Gasteiger charge is -2.35. The first-order valence-corrected chi connectivity index (χ1v) is 12.5. The molecule has 0 bridgehead atoms. The van der Waals surface area contributed by atoms with Gasteiger partial charge in [-0.25, -0.2) is 8.42 Å². The Morgan fingerprint density at radius 2 is 1.64 bits per heavy atom. The Kier molecular flexibility index (Phi) is 7.86. The second kappa shape index (κ2) is 10.4. The molecule has 1 heterocycles. The summed E-state index contributed by atoms with van der Waals surface area (Å²) in [7, 11) is -0.729. The highest BCUT2D eigenvalue weighted by atomic mass is 32.2. The number of anilines is 1. The highest BCUT2D eigenvalue weighted by molar-refractivity contribution is 7.89. The maximum Gasteiger partial charge on any atom is 0.243 e. The number of methoxy groups -OCH3 is 2. The SMILES string of the molecule is CCN(CC(=O)N1CCN(S(=O)(=O)c2ccc(OC)c(OC)c2)CC1)c1ccc(C)cc1C. The summed E-state index contributed by atoms with van der Waals surface area (Å²) < 4.78 is 38.1. The predicted octanol–water partition coefficient (Wildman–Crippen LogP) is 2.68. The Morgan fingerprint density at radius 3 is 2.21 bits per heavy atom. The monoisotopic (exact) mass is 475 g/mol. The molecular formula is C24H33N3O5S. The number of ether oxygens (including phenoxy) is 2. The second-order valence-corrected chi connectivity index (χ2v) is 10.0. The number of carbonyl (C=O) groups is 1. The Balaban J connectivity index is 1.65. The molecule has 1 fully saturated rings. The largest absolute Gasteiger partial charge is 0.493 e. The van der Waals surface area contributed by atoms with Gasteiger partial charge in [0.15, 0.2) is 11.5 Å². The summed E-state index contributed by atoms with van der Waals surface area (Å²) in [5.74, 6) is 0.828. The summed E-state index contributed by atoms with van der Waals surface area (Å²) in [6.07, 6.45) is 0. The summed E-state index contributed by atoms with van der Waals surface area (Å²) >= 11 is 0. The summed E-state index contributed by atoms with van der Waals surface area (Å²) in [5.41, 5.74) is 3.37. The van der Waals surface area contributed by atoms with Crippen LogP contribution in [-0.4, -0.2) is 77.0 Å². The Bertz CT molecular complexity index is 1100. The van der Waals surface area contributed by atoms with E-state index in [4.69, 9.17) is 9.47 Å². The molecule has 1 saturated heterocycles. The fourth-order valence-electron chi connectivity index (χ4n) is 4.09. The number of piperazine rings is 1. The quantitative estimate of drug-likeness (QED) is 0.584. The molecule has 1 aliphatic heterocycles. The van der Waals surface area contributed by atoms with Crippen LogP contribution in [0.5, 0.6) is 11.5 Å². The molecular weight excluding hydrogens is 442 g/mol. The molecule has 0 aliphatic carbocycles. The molecule has 0 saturated carbocycles. The van der Waals surface area contributed by atoms with Crippen LogP contribution < -0.4 is 14.4 Å². The van der Waals surface area contributed by atoms with Gasteiger partial charge in [0.05, 0.1) is 25.7 Å². The first-order chi connectivity index (χ1) is 15.7. The van der Waals surface area contributed by atoms with Crippen LogP contribution in [0.25, 0.3) is 0 Å². The number of amides is 1. The van der Waals surface area contributed by atoms with Gasteiger partial charge in [0, 0.05) is 44.5 Å². The minimum Gasteiger partial charge on any atom is -0.493 e. The number of rotatable bonds is 8. The highest BCUT2D eigenvalue weighted by Gasteiger charge is 2.31. The van der Waals surface area contributed by atoms with E-state index in [1.807, 2.05) is 26.8 Å². The third kappa shape index (κ3) is 5.42. The van der Waals surface area contributed by atoms with Gasteiger partial charge in [-0.3, -0.25) is 4.79 Å². The zero-order valence-corrected chi connectivity index (χ0v) is 20.8. The van der Waals surface area contributed by atoms with Crippen LogP contribution >= 0.6 is 0 Å². The van der Waals surface area contributed by atoms with Crippen molar-refractivity contribution in [3.63, 3.8) is 0 Å². The van der Waals surface area contributed by atoms with Crippen molar-refractivity contribution in [2.24, 2.45) is 0 Å². The van der Waals surface area contributed by atoms with Crippen LogP contribution in [0.15, 0.2) is 41.3 Å². The maximum absolute atomic E-state index is 13.1. The van der Waals surface area contributed by atoms with E-state index in [1.54, 1.807) is 11.0 Å². The molecule has 2 aromatic carbocycles. The summed E-state index contributed by atoms with van der Waals surface area (Å²) in [5, 5.41) is 0. The van der Waals surface area contributed by atoms with Crippen molar-refractivity contribution in [3.05, 3.63) is 47.5 Å². The second-order valence-electron chi connectivity index (χ2n) is 8.11. The third-order valence-electron chi connectivity index (χ3n) is 5.98. The topological polar surface area (TPSA) is 79.4 Å². The van der Waals surface area contributed by atoms with Crippen LogP contribution in [0, 0.1) is 13.8 Å². The van der Waals surface area contributed by atoms with Crippen LogP contribution in [-0.2, 0) is 14.8 Å². The summed E-state index contributed by atoms with van der Waals surface area (Å²) in [6.45, 7) is 8.31. The van der Waals surface area contributed by atoms with Crippen LogP contribution in [0.2, 0.25) is 0 Å². The number of hydrogen-bond donors (Lipinski definition) is 0. The smallest absolute Gasteiger partial charge is 0.243 e. The summed E-state index contributed by atoms with van der Waals surface area (Å²) in [4.78, 5) is 16.9. The number of aryl methyl sites for hydroxylation is 2. The standard InChI is InChI=1S/C24H33N3O5S/c1-6-25(21-9-7-18(2)15-19(21)3)17-24(28)26-11-13-27(14-12-26)33(29,30)20-8-10-22(31-4)23(16-20)32-5/h7-10,15-16H,6,11-14,17H2,1-5H3. The van der Waals surface area contributed by atoms with E-state index in [0.29, 0.717) is 31.1 Å². The van der Waals surface area contributed by atoms with Gasteiger partial charge in [0.1, 0.15) is 0 Å². The number of likely N-dealkylation sites (N-methyl/N-ethyl adjacent to an activating group) is 1. The molecule has 2 aromatic rings. The van der Waals surface area contributed by atoms with E-state index >= 15 is 0 Å². The van der Waals surface area contributed by atoms with E-state index in [9.17, 15) is 13.2 Å². The van der Waals surface area contributed by atoms with Crippen LogP contribution in [0.4, 0.5) is 5.69 Å². The van der Waals surface area contributed by atoms with E-state index in [0.717, 1.165) is 11.3 Å². The molecule has 9 heteroatoms. The Labute approximate surface area is 196 Å². The minimum atomic E-state index is -3.70. The number of benzene rings is 2. The molecule has 0 N–H and O–H groups in total. The van der Waals surface area contributed by atoms with E-state index in [2.05, 4.69) is 17.0 Å². The number of hydrogen-bond acceptors (Lipinski definition) is 6. The van der Waals surface area contributed by atoms with E-state index < -0.39 is 10.0 Å². The average molecular weight is 476 g/mol. The van der Waals surface area contributed by atoms with Crippen molar-refractivity contribution in [1.82, 2.24) is 9.21 Å². The minimum absolute atomic E-state index is 0.00000956. The van der Waals surface area contributed by atoms with Gasteiger partial charge in [-0.15, -0.1) is 0 Å². The molecule has 180 valence electrons. The molecule has 1 aliphatic rings. The molecule has 3 rings (SSSR count). The molecule has 1 amide bonds. The fourth-order valence-corrected chi connectivity index (χ4v) is 5.53. The molecule has 33 heavy (non-hydrogen) atoms. The highest BCUT2D eigenvalue weighted by Crippen LogP contribution is 2.31. The normalized spacial score (nSPS) is 14.8. The van der Waals surface area contributed by atoms with Gasteiger partial charge in [-0.05, 0) is 44.5 Å². The van der Waals surface area contributed by atoms with Crippen LogP contribution in [0.1, 0.15) is 18.1 Å². The Hall–Kier alpha value is -2.78. The third-order valence-corrected chi connectivity index (χ3v) is 7.88. The number of nitrogens with zero attached hydrogens (tertiary/aromatic N) is 3. The van der Waals surface area contributed by atoms with Gasteiger partial charge in [0.25, 0.3) is 0 Å². The summed E-state index contributed by atoms with van der Waals surface area (Å²) in [6, 6.07) is 10.8. The van der Waals surface area contributed by atoms with Crippen molar-refractivity contribution < 1.29 is 22.7 Å². The number of sulfonamides is 1. The zero-order chi connectivity index (χ0) is 24.2. The lowest BCUT2D eigenvalue weighted by Crippen LogP contribution is -2.52. The van der Waals surface area contributed by atoms with Crippen molar-refractivity contribution >= 4 is 21.6 Å². The van der Waals surface area contributed by atoms with Gasteiger partial charge < -0.3 is 19.3 Å². The van der Waals surface area contributed by atoms with Crippen LogP contribution in [0.3, 0.4) is 0 Å². The van der Waals surface area contributed by atoms with Crippen molar-refractivity contribution in [3.8, 4) is 11.5 Å². The number of carbonyl (C=O) groups excluding carboxylic acids is 1. The predicted molar refractivity (Wildman–Crippen MR) is 129 cm³/mol.